The Bertz CT molecular complexity index is 1060. The number of imidazole rings is 1. The Kier molecular flexibility index (Phi) is 5.97. The van der Waals surface area contributed by atoms with E-state index in [2.05, 4.69) is 10.3 Å². The number of rotatable bonds is 6. The van der Waals surface area contributed by atoms with Crippen LogP contribution in [0.5, 0.6) is 0 Å². The second-order valence-corrected chi connectivity index (χ2v) is 7.76. The molecule has 31 heavy (non-hydrogen) atoms. The summed E-state index contributed by atoms with van der Waals surface area (Å²) in [5.41, 5.74) is 1.69. The van der Waals surface area contributed by atoms with Crippen LogP contribution >= 0.6 is 0 Å². The van der Waals surface area contributed by atoms with Crippen LogP contribution in [-0.4, -0.2) is 33.5 Å². The molecule has 0 radical (unpaired) electrons. The minimum Gasteiger partial charge on any atom is -0.366 e. The molecule has 1 unspecified atom stereocenters. The highest BCUT2D eigenvalue weighted by Gasteiger charge is 2.30. The number of piperidine rings is 1. The number of benzene rings is 2. The maximum atomic E-state index is 13.1. The Morgan fingerprint density at radius 1 is 1.13 bits per heavy atom. The van der Waals surface area contributed by atoms with E-state index in [0.29, 0.717) is 31.6 Å². The highest BCUT2D eigenvalue weighted by molar-refractivity contribution is 5.80. The molecule has 1 amide bonds. The Labute approximate surface area is 180 Å². The van der Waals surface area contributed by atoms with Gasteiger partial charge >= 0.3 is 0 Å². The molecular weight excluding hydrogens is 394 g/mol. The van der Waals surface area contributed by atoms with Gasteiger partial charge < -0.3 is 14.8 Å². The van der Waals surface area contributed by atoms with Crippen LogP contribution in [0.2, 0.25) is 0 Å². The zero-order chi connectivity index (χ0) is 21.8. The molecule has 1 aromatic heterocycles. The smallest absolute Gasteiger partial charge is 0.292 e. The van der Waals surface area contributed by atoms with Crippen molar-refractivity contribution in [3.8, 4) is 0 Å². The Morgan fingerprint density at radius 2 is 1.81 bits per heavy atom. The van der Waals surface area contributed by atoms with Crippen molar-refractivity contribution in [1.29, 1.82) is 0 Å². The maximum absolute atomic E-state index is 13.1. The van der Waals surface area contributed by atoms with Gasteiger partial charge in [0.1, 0.15) is 17.6 Å². The van der Waals surface area contributed by atoms with Gasteiger partial charge in [-0.3, -0.25) is 14.9 Å². The van der Waals surface area contributed by atoms with E-state index < -0.39 is 0 Å². The molecule has 2 heterocycles. The van der Waals surface area contributed by atoms with Crippen molar-refractivity contribution in [2.24, 2.45) is 13.0 Å². The number of carbonyl (C=O) groups excluding carboxylic acids is 1. The van der Waals surface area contributed by atoms with Crippen LogP contribution in [0.3, 0.4) is 0 Å². The number of aromatic nitrogens is 2. The Hall–Kier alpha value is -3.68. The van der Waals surface area contributed by atoms with Gasteiger partial charge in [-0.1, -0.05) is 42.5 Å². The summed E-state index contributed by atoms with van der Waals surface area (Å²) in [6.45, 7) is 1.20. The molecule has 8 heteroatoms. The van der Waals surface area contributed by atoms with Crippen molar-refractivity contribution in [2.45, 2.75) is 18.9 Å². The maximum Gasteiger partial charge on any atom is 0.292 e. The number of nitro benzene ring substituents is 1. The van der Waals surface area contributed by atoms with E-state index in [-0.39, 0.29) is 28.5 Å². The minimum absolute atomic E-state index is 0.0148. The van der Waals surface area contributed by atoms with Crippen molar-refractivity contribution in [1.82, 2.24) is 14.9 Å². The lowest BCUT2D eigenvalue weighted by Crippen LogP contribution is -2.42. The number of hydrogen-bond acceptors (Lipinski definition) is 5. The largest absolute Gasteiger partial charge is 0.366 e. The molecule has 1 fully saturated rings. The molecule has 1 aliphatic rings. The van der Waals surface area contributed by atoms with Gasteiger partial charge in [0.25, 0.3) is 5.69 Å². The highest BCUT2D eigenvalue weighted by atomic mass is 16.6. The average molecular weight is 419 g/mol. The number of nitrogens with zero attached hydrogens (tertiary/aromatic N) is 4. The number of carbonyl (C=O) groups is 1. The molecule has 1 aliphatic heterocycles. The zero-order valence-corrected chi connectivity index (χ0v) is 17.3. The van der Waals surface area contributed by atoms with Crippen LogP contribution in [-0.2, 0) is 11.8 Å². The van der Waals surface area contributed by atoms with Crippen LogP contribution in [0.4, 0.5) is 11.4 Å². The summed E-state index contributed by atoms with van der Waals surface area (Å²) in [4.78, 5) is 30.6. The van der Waals surface area contributed by atoms with Crippen molar-refractivity contribution >= 4 is 17.3 Å². The third-order valence-corrected chi connectivity index (χ3v) is 5.82. The lowest BCUT2D eigenvalue weighted by Gasteiger charge is -2.33. The minimum atomic E-state index is -0.356. The standard InChI is InChI=1S/C23H25N5O3/c1-26-16-13-24-22(26)21(17-7-3-2-4-8-17)25-23(29)18-11-14-27(15-12-18)19-9-5-6-10-20(19)28(30)31/h2-10,13,16,18,21H,11-12,14-15H2,1H3,(H,25,29). The van der Waals surface area contributed by atoms with E-state index in [1.54, 1.807) is 24.4 Å². The van der Waals surface area contributed by atoms with Gasteiger partial charge in [0.05, 0.1) is 4.92 Å². The molecule has 1 atom stereocenters. The molecule has 2 aromatic carbocycles. The summed E-state index contributed by atoms with van der Waals surface area (Å²) in [7, 11) is 1.91. The lowest BCUT2D eigenvalue weighted by molar-refractivity contribution is -0.384. The molecule has 4 rings (SSSR count). The number of nitro groups is 1. The summed E-state index contributed by atoms with van der Waals surface area (Å²) in [6, 6.07) is 16.2. The summed E-state index contributed by atoms with van der Waals surface area (Å²) in [5, 5.41) is 14.5. The molecule has 3 aromatic rings. The van der Waals surface area contributed by atoms with Gasteiger partial charge in [-0.05, 0) is 24.5 Å². The third kappa shape index (κ3) is 4.42. The number of anilines is 1. The van der Waals surface area contributed by atoms with Gasteiger partial charge in [-0.25, -0.2) is 4.98 Å². The van der Waals surface area contributed by atoms with E-state index in [1.165, 1.54) is 6.07 Å². The molecule has 0 aliphatic carbocycles. The van der Waals surface area contributed by atoms with Gasteiger partial charge in [0.2, 0.25) is 5.91 Å². The summed E-state index contributed by atoms with van der Waals surface area (Å²) < 4.78 is 1.91. The normalized spacial score (nSPS) is 15.5. The number of nitrogens with one attached hydrogen (secondary N) is 1. The SMILES string of the molecule is Cn1ccnc1C(NC(=O)C1CCN(c2ccccc2[N+](=O)[O-])CC1)c1ccccc1. The first kappa shape index (κ1) is 20.6. The first-order chi connectivity index (χ1) is 15.0. The number of aryl methyl sites for hydroxylation is 1. The molecule has 1 N–H and O–H groups in total. The lowest BCUT2D eigenvalue weighted by atomic mass is 9.94. The average Bonchev–Trinajstić information content (AvgIpc) is 3.23. The quantitative estimate of drug-likeness (QED) is 0.488. The summed E-state index contributed by atoms with van der Waals surface area (Å²) in [6.07, 6.45) is 4.87. The Morgan fingerprint density at radius 3 is 2.45 bits per heavy atom. The van der Waals surface area contributed by atoms with Crippen molar-refractivity contribution < 1.29 is 9.72 Å². The number of amides is 1. The number of para-hydroxylation sites is 2. The molecule has 1 saturated heterocycles. The van der Waals surface area contributed by atoms with Gasteiger partial charge in [-0.2, -0.15) is 0 Å². The van der Waals surface area contributed by atoms with Crippen molar-refractivity contribution in [2.75, 3.05) is 18.0 Å². The zero-order valence-electron chi connectivity index (χ0n) is 17.3. The fourth-order valence-corrected chi connectivity index (χ4v) is 4.13. The van der Waals surface area contributed by atoms with Crippen LogP contribution in [0.1, 0.15) is 30.3 Å². The molecule has 0 bridgehead atoms. The Balaban J connectivity index is 1.46. The van der Waals surface area contributed by atoms with Crippen molar-refractivity contribution in [3.63, 3.8) is 0 Å². The fraction of sp³-hybridized carbons (Fsp3) is 0.304. The first-order valence-electron chi connectivity index (χ1n) is 10.4. The third-order valence-electron chi connectivity index (χ3n) is 5.82. The highest BCUT2D eigenvalue weighted by Crippen LogP contribution is 2.31. The fourth-order valence-electron chi connectivity index (χ4n) is 4.13. The van der Waals surface area contributed by atoms with Gasteiger partial charge in [0.15, 0.2) is 0 Å². The topological polar surface area (TPSA) is 93.3 Å². The molecule has 0 saturated carbocycles. The molecule has 160 valence electrons. The summed E-state index contributed by atoms with van der Waals surface area (Å²) in [5.74, 6) is 0.612. The van der Waals surface area contributed by atoms with E-state index in [4.69, 9.17) is 0 Å². The predicted molar refractivity (Wildman–Crippen MR) is 118 cm³/mol. The van der Waals surface area contributed by atoms with E-state index >= 15 is 0 Å². The monoisotopic (exact) mass is 419 g/mol. The first-order valence-corrected chi connectivity index (χ1v) is 10.4. The second-order valence-electron chi connectivity index (χ2n) is 7.76. The van der Waals surface area contributed by atoms with Crippen molar-refractivity contribution in [3.05, 3.63) is 88.5 Å². The molecule has 8 nitrogen and oxygen atoms in total. The van der Waals surface area contributed by atoms with Crippen LogP contribution in [0, 0.1) is 16.0 Å². The molecular formula is C23H25N5O3. The van der Waals surface area contributed by atoms with E-state index in [9.17, 15) is 14.9 Å². The molecule has 0 spiro atoms. The predicted octanol–water partition coefficient (Wildman–Crippen LogP) is 3.45. The van der Waals surface area contributed by atoms with E-state index in [1.807, 2.05) is 53.0 Å². The van der Waals surface area contributed by atoms with E-state index in [0.717, 1.165) is 11.4 Å². The number of hydrogen-bond donors (Lipinski definition) is 1. The van der Waals surface area contributed by atoms with Gasteiger partial charge in [-0.15, -0.1) is 0 Å². The van der Waals surface area contributed by atoms with Crippen LogP contribution in [0.15, 0.2) is 67.0 Å². The summed E-state index contributed by atoms with van der Waals surface area (Å²) >= 11 is 0. The second kappa shape index (κ2) is 8.99. The van der Waals surface area contributed by atoms with Crippen LogP contribution < -0.4 is 10.2 Å². The van der Waals surface area contributed by atoms with Gasteiger partial charge in [0, 0.05) is 44.5 Å². The van der Waals surface area contributed by atoms with Crippen LogP contribution in [0.25, 0.3) is 0 Å².